The SMILES string of the molecule is C[C@H]1C[C@@H](C(=O)Nc2ccc3c(c2)N(C)CC3)CCN1.Cl. The third kappa shape index (κ3) is 3.50. The number of piperidine rings is 1. The fraction of sp³-hybridized carbons (Fsp3) is 0.562. The summed E-state index contributed by atoms with van der Waals surface area (Å²) in [6.45, 7) is 4.15. The van der Waals surface area contributed by atoms with Gasteiger partial charge in [0.05, 0.1) is 0 Å². The van der Waals surface area contributed by atoms with E-state index in [-0.39, 0.29) is 24.2 Å². The van der Waals surface area contributed by atoms with Gasteiger partial charge in [0.1, 0.15) is 0 Å². The number of nitrogens with zero attached hydrogens (tertiary/aromatic N) is 1. The van der Waals surface area contributed by atoms with Gasteiger partial charge in [-0.25, -0.2) is 0 Å². The summed E-state index contributed by atoms with van der Waals surface area (Å²) in [5.41, 5.74) is 3.55. The summed E-state index contributed by atoms with van der Waals surface area (Å²) >= 11 is 0. The predicted molar refractivity (Wildman–Crippen MR) is 89.5 cm³/mol. The molecule has 2 N–H and O–H groups in total. The van der Waals surface area contributed by atoms with Crippen LogP contribution in [0.1, 0.15) is 25.3 Å². The number of likely N-dealkylation sites (N-methyl/N-ethyl adjacent to an activating group) is 1. The van der Waals surface area contributed by atoms with Gasteiger partial charge in [-0.1, -0.05) is 6.07 Å². The Kier molecular flexibility index (Phi) is 5.12. The standard InChI is InChI=1S/C16H23N3O.ClH/c1-11-9-13(5-7-17-11)16(20)18-14-4-3-12-6-8-19(2)15(12)10-14;/h3-4,10-11,13,17H,5-9H2,1-2H3,(H,18,20);1H/t11-,13-;/m0./s1. The molecular weight excluding hydrogens is 286 g/mol. The lowest BCUT2D eigenvalue weighted by Crippen LogP contribution is -2.40. The number of hydrogen-bond acceptors (Lipinski definition) is 3. The van der Waals surface area contributed by atoms with E-state index in [1.54, 1.807) is 0 Å². The molecule has 0 unspecified atom stereocenters. The molecule has 0 aliphatic carbocycles. The van der Waals surface area contributed by atoms with Gasteiger partial charge in [0.2, 0.25) is 5.91 Å². The zero-order valence-electron chi connectivity index (χ0n) is 12.7. The average Bonchev–Trinajstić information content (AvgIpc) is 2.80. The van der Waals surface area contributed by atoms with Crippen molar-refractivity contribution in [2.24, 2.45) is 5.92 Å². The highest BCUT2D eigenvalue weighted by Gasteiger charge is 2.25. The van der Waals surface area contributed by atoms with E-state index in [2.05, 4.69) is 41.6 Å². The molecule has 0 bridgehead atoms. The number of rotatable bonds is 2. The van der Waals surface area contributed by atoms with Crippen LogP contribution in [0.5, 0.6) is 0 Å². The number of nitrogens with one attached hydrogen (secondary N) is 2. The Labute approximate surface area is 132 Å². The monoisotopic (exact) mass is 309 g/mol. The van der Waals surface area contributed by atoms with Gasteiger partial charge in [0, 0.05) is 36.9 Å². The topological polar surface area (TPSA) is 44.4 Å². The van der Waals surface area contributed by atoms with Crippen LogP contribution in [0.25, 0.3) is 0 Å². The smallest absolute Gasteiger partial charge is 0.227 e. The fourth-order valence-electron chi connectivity index (χ4n) is 3.23. The quantitative estimate of drug-likeness (QED) is 0.882. The van der Waals surface area contributed by atoms with Gasteiger partial charge in [-0.2, -0.15) is 0 Å². The van der Waals surface area contributed by atoms with Crippen LogP contribution in [0, 0.1) is 5.92 Å². The summed E-state index contributed by atoms with van der Waals surface area (Å²) in [5.74, 6) is 0.302. The Morgan fingerprint density at radius 2 is 2.24 bits per heavy atom. The highest BCUT2D eigenvalue weighted by atomic mass is 35.5. The molecule has 1 saturated heterocycles. The van der Waals surface area contributed by atoms with Crippen molar-refractivity contribution in [1.82, 2.24) is 5.32 Å². The first-order chi connectivity index (χ1) is 9.63. The third-order valence-corrected chi connectivity index (χ3v) is 4.48. The third-order valence-electron chi connectivity index (χ3n) is 4.48. The van der Waals surface area contributed by atoms with Crippen molar-refractivity contribution < 1.29 is 4.79 Å². The molecule has 1 amide bonds. The lowest BCUT2D eigenvalue weighted by molar-refractivity contribution is -0.120. The maximum absolute atomic E-state index is 12.3. The van der Waals surface area contributed by atoms with Gasteiger partial charge in [0.15, 0.2) is 0 Å². The van der Waals surface area contributed by atoms with Crippen molar-refractivity contribution in [3.8, 4) is 0 Å². The number of carbonyl (C=O) groups is 1. The Balaban J connectivity index is 0.00000161. The molecule has 0 saturated carbocycles. The molecule has 5 heteroatoms. The molecule has 4 nitrogen and oxygen atoms in total. The molecule has 2 aliphatic rings. The molecule has 1 aromatic carbocycles. The maximum atomic E-state index is 12.3. The number of anilines is 2. The Morgan fingerprint density at radius 1 is 1.43 bits per heavy atom. The van der Waals surface area contributed by atoms with Crippen molar-refractivity contribution in [2.45, 2.75) is 32.2 Å². The second kappa shape index (κ2) is 6.67. The average molecular weight is 310 g/mol. The molecule has 0 aromatic heterocycles. The van der Waals surface area contributed by atoms with Crippen LogP contribution in [-0.4, -0.2) is 32.1 Å². The molecule has 2 aliphatic heterocycles. The second-order valence-electron chi connectivity index (χ2n) is 6.08. The van der Waals surface area contributed by atoms with Gasteiger partial charge in [-0.3, -0.25) is 4.79 Å². The van der Waals surface area contributed by atoms with Crippen molar-refractivity contribution in [1.29, 1.82) is 0 Å². The molecule has 1 fully saturated rings. The lowest BCUT2D eigenvalue weighted by Gasteiger charge is -2.27. The summed E-state index contributed by atoms with van der Waals surface area (Å²) in [6, 6.07) is 6.70. The van der Waals surface area contributed by atoms with Crippen molar-refractivity contribution in [3.05, 3.63) is 23.8 Å². The molecular formula is C16H24ClN3O. The number of benzene rings is 1. The van der Waals surface area contributed by atoms with Gasteiger partial charge in [0.25, 0.3) is 0 Å². The highest BCUT2D eigenvalue weighted by Crippen LogP contribution is 2.30. The largest absolute Gasteiger partial charge is 0.374 e. The van der Waals surface area contributed by atoms with E-state index in [4.69, 9.17) is 0 Å². The molecule has 2 heterocycles. The van der Waals surface area contributed by atoms with Gasteiger partial charge in [-0.05, 0) is 50.4 Å². The van der Waals surface area contributed by atoms with Crippen LogP contribution >= 0.6 is 12.4 Å². The molecule has 116 valence electrons. The van der Waals surface area contributed by atoms with Crippen LogP contribution in [0.4, 0.5) is 11.4 Å². The van der Waals surface area contributed by atoms with Gasteiger partial charge in [-0.15, -0.1) is 12.4 Å². The first-order valence-corrected chi connectivity index (χ1v) is 7.52. The van der Waals surface area contributed by atoms with E-state index in [1.165, 1.54) is 11.3 Å². The Morgan fingerprint density at radius 3 is 3.00 bits per heavy atom. The van der Waals surface area contributed by atoms with E-state index >= 15 is 0 Å². The summed E-state index contributed by atoms with van der Waals surface area (Å²) in [4.78, 5) is 14.6. The molecule has 0 radical (unpaired) electrons. The number of amides is 1. The van der Waals surface area contributed by atoms with E-state index in [0.29, 0.717) is 6.04 Å². The lowest BCUT2D eigenvalue weighted by atomic mass is 9.92. The number of carbonyl (C=O) groups excluding carboxylic acids is 1. The van der Waals surface area contributed by atoms with Crippen LogP contribution in [-0.2, 0) is 11.2 Å². The molecule has 2 atom stereocenters. The van der Waals surface area contributed by atoms with Crippen LogP contribution < -0.4 is 15.5 Å². The van der Waals surface area contributed by atoms with Crippen LogP contribution in [0.15, 0.2) is 18.2 Å². The van der Waals surface area contributed by atoms with E-state index in [9.17, 15) is 4.79 Å². The Bertz CT molecular complexity index is 520. The minimum atomic E-state index is 0. The van der Waals surface area contributed by atoms with Crippen molar-refractivity contribution in [2.75, 3.05) is 30.4 Å². The van der Waals surface area contributed by atoms with E-state index < -0.39 is 0 Å². The van der Waals surface area contributed by atoms with E-state index in [0.717, 1.165) is 38.0 Å². The zero-order chi connectivity index (χ0) is 14.1. The second-order valence-corrected chi connectivity index (χ2v) is 6.08. The van der Waals surface area contributed by atoms with Crippen molar-refractivity contribution >= 4 is 29.7 Å². The molecule has 21 heavy (non-hydrogen) atoms. The molecule has 0 spiro atoms. The van der Waals surface area contributed by atoms with Crippen LogP contribution in [0.2, 0.25) is 0 Å². The van der Waals surface area contributed by atoms with Crippen molar-refractivity contribution in [3.63, 3.8) is 0 Å². The summed E-state index contributed by atoms with van der Waals surface area (Å²) in [6.07, 6.45) is 2.96. The molecule has 3 rings (SSSR count). The number of hydrogen-bond donors (Lipinski definition) is 2. The van der Waals surface area contributed by atoms with Gasteiger partial charge >= 0.3 is 0 Å². The maximum Gasteiger partial charge on any atom is 0.227 e. The highest BCUT2D eigenvalue weighted by molar-refractivity contribution is 5.93. The summed E-state index contributed by atoms with van der Waals surface area (Å²) < 4.78 is 0. The fourth-order valence-corrected chi connectivity index (χ4v) is 3.23. The minimum Gasteiger partial charge on any atom is -0.374 e. The van der Waals surface area contributed by atoms with Gasteiger partial charge < -0.3 is 15.5 Å². The minimum absolute atomic E-state index is 0. The summed E-state index contributed by atoms with van der Waals surface area (Å²) in [7, 11) is 2.10. The zero-order valence-corrected chi connectivity index (χ0v) is 13.5. The molecule has 1 aromatic rings. The predicted octanol–water partition coefficient (Wildman–Crippen LogP) is 2.43. The first-order valence-electron chi connectivity index (χ1n) is 7.52. The van der Waals surface area contributed by atoms with Crippen LogP contribution in [0.3, 0.4) is 0 Å². The number of halogens is 1. The van der Waals surface area contributed by atoms with E-state index in [1.807, 2.05) is 6.07 Å². The normalized spacial score (nSPS) is 24.2. The first kappa shape index (κ1) is 16.1. The Hall–Kier alpha value is -1.26. The number of fused-ring (bicyclic) bond motifs is 1. The summed E-state index contributed by atoms with van der Waals surface area (Å²) in [5, 5.41) is 6.47.